The summed E-state index contributed by atoms with van der Waals surface area (Å²) >= 11 is 0. The molecule has 0 saturated heterocycles. The zero-order chi connectivity index (χ0) is 10.0. The van der Waals surface area contributed by atoms with Crippen LogP contribution in [0.4, 0.5) is 0 Å². The van der Waals surface area contributed by atoms with Crippen LogP contribution in [-0.2, 0) is 5.54 Å². The summed E-state index contributed by atoms with van der Waals surface area (Å²) in [6, 6.07) is 2.07. The molecule has 1 aromatic rings. The average molecular weight is 191 g/mol. The molecule has 1 aliphatic carbocycles. The number of nitrogens with two attached hydrogens (primary N) is 1. The van der Waals surface area contributed by atoms with Crippen molar-refractivity contribution in [3.8, 4) is 0 Å². The van der Waals surface area contributed by atoms with Gasteiger partial charge in [-0.25, -0.2) is 0 Å². The van der Waals surface area contributed by atoms with E-state index in [9.17, 15) is 0 Å². The predicted octanol–water partition coefficient (Wildman–Crippen LogP) is 1.90. The first-order chi connectivity index (χ1) is 6.71. The molecule has 1 saturated carbocycles. The fraction of sp³-hybridized carbons (Fsp3) is 0.636. The van der Waals surface area contributed by atoms with Crippen LogP contribution in [0.15, 0.2) is 12.3 Å². The van der Waals surface area contributed by atoms with Crippen molar-refractivity contribution in [3.05, 3.63) is 23.5 Å². The van der Waals surface area contributed by atoms with Crippen molar-refractivity contribution in [1.29, 1.82) is 0 Å². The minimum absolute atomic E-state index is 0.211. The zero-order valence-corrected chi connectivity index (χ0v) is 8.66. The van der Waals surface area contributed by atoms with Gasteiger partial charge in [-0.3, -0.25) is 0 Å². The Hall–Kier alpha value is -0.960. The van der Waals surface area contributed by atoms with Gasteiger partial charge in [-0.2, -0.15) is 10.2 Å². The molecule has 2 rings (SSSR count). The Balaban J connectivity index is 2.28. The second-order valence-corrected chi connectivity index (χ2v) is 4.33. The second kappa shape index (κ2) is 3.65. The minimum Gasteiger partial charge on any atom is -0.320 e. The van der Waals surface area contributed by atoms with Gasteiger partial charge in [-0.05, 0) is 31.4 Å². The molecule has 14 heavy (non-hydrogen) atoms. The van der Waals surface area contributed by atoms with Gasteiger partial charge in [-0.1, -0.05) is 19.3 Å². The van der Waals surface area contributed by atoms with E-state index in [2.05, 4.69) is 16.3 Å². The van der Waals surface area contributed by atoms with Crippen molar-refractivity contribution in [3.63, 3.8) is 0 Å². The molecular weight excluding hydrogens is 174 g/mol. The lowest BCUT2D eigenvalue weighted by Gasteiger charge is -2.32. The zero-order valence-electron chi connectivity index (χ0n) is 8.66. The molecule has 0 bridgehead atoms. The van der Waals surface area contributed by atoms with E-state index in [0.717, 1.165) is 24.1 Å². The van der Waals surface area contributed by atoms with Gasteiger partial charge in [-0.15, -0.1) is 0 Å². The van der Waals surface area contributed by atoms with E-state index >= 15 is 0 Å². The van der Waals surface area contributed by atoms with Crippen molar-refractivity contribution in [2.45, 2.75) is 44.6 Å². The van der Waals surface area contributed by atoms with E-state index in [4.69, 9.17) is 5.73 Å². The third-order valence-corrected chi connectivity index (χ3v) is 3.05. The Kier molecular flexibility index (Phi) is 2.50. The first-order valence-electron chi connectivity index (χ1n) is 5.29. The smallest absolute Gasteiger partial charge is 0.0832 e. The number of nitrogens with zero attached hydrogens (tertiary/aromatic N) is 2. The molecular formula is C11H17N3. The standard InChI is InChI=1S/C11H17N3/c1-9-7-10(14-13-8-9)11(12)5-3-2-4-6-11/h7-8H,2-6,12H2,1H3. The number of hydrogen-bond acceptors (Lipinski definition) is 3. The van der Waals surface area contributed by atoms with Crippen LogP contribution in [0.5, 0.6) is 0 Å². The van der Waals surface area contributed by atoms with E-state index in [1.165, 1.54) is 19.3 Å². The summed E-state index contributed by atoms with van der Waals surface area (Å²) < 4.78 is 0. The lowest BCUT2D eigenvalue weighted by atomic mass is 9.80. The molecule has 0 amide bonds. The largest absolute Gasteiger partial charge is 0.320 e. The molecule has 76 valence electrons. The van der Waals surface area contributed by atoms with E-state index in [-0.39, 0.29) is 5.54 Å². The Labute approximate surface area is 84.7 Å². The first-order valence-corrected chi connectivity index (χ1v) is 5.29. The molecule has 0 atom stereocenters. The summed E-state index contributed by atoms with van der Waals surface area (Å²) in [4.78, 5) is 0. The highest BCUT2D eigenvalue weighted by molar-refractivity contribution is 5.18. The van der Waals surface area contributed by atoms with Gasteiger partial charge >= 0.3 is 0 Å². The Bertz CT molecular complexity index is 316. The van der Waals surface area contributed by atoms with Crippen LogP contribution < -0.4 is 5.73 Å². The number of rotatable bonds is 1. The number of aromatic nitrogens is 2. The summed E-state index contributed by atoms with van der Waals surface area (Å²) in [7, 11) is 0. The molecule has 0 unspecified atom stereocenters. The summed E-state index contributed by atoms with van der Waals surface area (Å²) in [5.41, 5.74) is 8.25. The van der Waals surface area contributed by atoms with Gasteiger partial charge < -0.3 is 5.73 Å². The third kappa shape index (κ3) is 1.77. The van der Waals surface area contributed by atoms with E-state index in [1.807, 2.05) is 6.92 Å². The maximum absolute atomic E-state index is 6.35. The quantitative estimate of drug-likeness (QED) is 0.737. The summed E-state index contributed by atoms with van der Waals surface area (Å²) in [5, 5.41) is 8.13. The van der Waals surface area contributed by atoms with Crippen LogP contribution in [0.2, 0.25) is 0 Å². The molecule has 1 fully saturated rings. The van der Waals surface area contributed by atoms with Crippen molar-refractivity contribution >= 4 is 0 Å². The summed E-state index contributed by atoms with van der Waals surface area (Å²) in [6.07, 6.45) is 7.60. The Morgan fingerprint density at radius 1 is 1.29 bits per heavy atom. The van der Waals surface area contributed by atoms with Crippen LogP contribution in [0.25, 0.3) is 0 Å². The van der Waals surface area contributed by atoms with E-state index < -0.39 is 0 Å². The van der Waals surface area contributed by atoms with E-state index in [0.29, 0.717) is 0 Å². The van der Waals surface area contributed by atoms with Crippen LogP contribution in [0, 0.1) is 6.92 Å². The van der Waals surface area contributed by atoms with Crippen molar-refractivity contribution in [2.75, 3.05) is 0 Å². The highest BCUT2D eigenvalue weighted by atomic mass is 15.1. The molecule has 1 aromatic heterocycles. The highest BCUT2D eigenvalue weighted by Crippen LogP contribution is 2.33. The molecule has 3 heteroatoms. The van der Waals surface area contributed by atoms with Crippen molar-refractivity contribution in [2.24, 2.45) is 5.73 Å². The third-order valence-electron chi connectivity index (χ3n) is 3.05. The maximum atomic E-state index is 6.35. The normalized spacial score (nSPS) is 20.7. The molecule has 1 heterocycles. The van der Waals surface area contributed by atoms with Crippen molar-refractivity contribution < 1.29 is 0 Å². The van der Waals surface area contributed by atoms with Gasteiger partial charge in [0.05, 0.1) is 17.4 Å². The lowest BCUT2D eigenvalue weighted by Crippen LogP contribution is -2.39. The second-order valence-electron chi connectivity index (χ2n) is 4.33. The van der Waals surface area contributed by atoms with Gasteiger partial charge in [0.2, 0.25) is 0 Å². The maximum Gasteiger partial charge on any atom is 0.0832 e. The fourth-order valence-electron chi connectivity index (χ4n) is 2.15. The SMILES string of the molecule is Cc1cnnc(C2(N)CCCCC2)c1. The van der Waals surface area contributed by atoms with E-state index in [1.54, 1.807) is 6.20 Å². The predicted molar refractivity (Wildman–Crippen MR) is 55.7 cm³/mol. The lowest BCUT2D eigenvalue weighted by molar-refractivity contribution is 0.292. The number of aryl methyl sites for hydroxylation is 1. The summed E-state index contributed by atoms with van der Waals surface area (Å²) in [5.74, 6) is 0. The van der Waals surface area contributed by atoms with Crippen LogP contribution >= 0.6 is 0 Å². The molecule has 2 N–H and O–H groups in total. The monoisotopic (exact) mass is 191 g/mol. The highest BCUT2D eigenvalue weighted by Gasteiger charge is 2.31. The van der Waals surface area contributed by atoms with Crippen LogP contribution in [-0.4, -0.2) is 10.2 Å². The van der Waals surface area contributed by atoms with Gasteiger partial charge in [0.15, 0.2) is 0 Å². The summed E-state index contributed by atoms with van der Waals surface area (Å²) in [6.45, 7) is 2.03. The molecule has 0 aromatic carbocycles. The van der Waals surface area contributed by atoms with Crippen LogP contribution in [0.1, 0.15) is 43.4 Å². The van der Waals surface area contributed by atoms with Gasteiger partial charge in [0.25, 0.3) is 0 Å². The first kappa shape index (κ1) is 9.59. The molecule has 3 nitrogen and oxygen atoms in total. The van der Waals surface area contributed by atoms with Gasteiger partial charge in [0, 0.05) is 0 Å². The topological polar surface area (TPSA) is 51.8 Å². The minimum atomic E-state index is -0.211. The number of hydrogen-bond donors (Lipinski definition) is 1. The molecule has 1 aliphatic rings. The molecule has 0 aliphatic heterocycles. The Morgan fingerprint density at radius 3 is 2.64 bits per heavy atom. The molecule has 0 spiro atoms. The Morgan fingerprint density at radius 2 is 2.00 bits per heavy atom. The van der Waals surface area contributed by atoms with Gasteiger partial charge in [0.1, 0.15) is 0 Å². The molecule has 0 radical (unpaired) electrons. The van der Waals surface area contributed by atoms with Crippen LogP contribution in [0.3, 0.4) is 0 Å². The van der Waals surface area contributed by atoms with Crippen molar-refractivity contribution in [1.82, 2.24) is 10.2 Å². The fourth-order valence-corrected chi connectivity index (χ4v) is 2.15. The average Bonchev–Trinajstić information content (AvgIpc) is 2.19.